The fourth-order valence-electron chi connectivity index (χ4n) is 3.25. The molecular weight excluding hydrogens is 337 g/mol. The van der Waals surface area contributed by atoms with Crippen molar-refractivity contribution in [2.45, 2.75) is 18.9 Å². The number of nitrogens with one attached hydrogen (secondary N) is 2. The number of fused-ring (bicyclic) bond motifs is 1. The highest BCUT2D eigenvalue weighted by Crippen LogP contribution is 2.41. The molecule has 7 heteroatoms. The molecule has 0 fully saturated rings. The van der Waals surface area contributed by atoms with Crippen LogP contribution in [0.25, 0.3) is 0 Å². The van der Waals surface area contributed by atoms with Gasteiger partial charge in [-0.15, -0.1) is 0 Å². The van der Waals surface area contributed by atoms with Crippen LogP contribution in [0, 0.1) is 5.82 Å². The Balaban J connectivity index is 1.94. The molecule has 0 aromatic heterocycles. The number of amides is 3. The van der Waals surface area contributed by atoms with E-state index in [1.807, 2.05) is 0 Å². The summed E-state index contributed by atoms with van der Waals surface area (Å²) in [7, 11) is 1.60. The average Bonchev–Trinajstić information content (AvgIpc) is 2.79. The molecule has 0 unspecified atom stereocenters. The minimum atomic E-state index is -1.47. The van der Waals surface area contributed by atoms with Crippen molar-refractivity contribution in [3.8, 4) is 0 Å². The SMILES string of the molecule is CC(=O)N[C@]1(CC(=O)Nc2ccc(F)cc2)C(=O)N(C)c2ccccc21. The summed E-state index contributed by atoms with van der Waals surface area (Å²) in [5.74, 6) is -1.69. The van der Waals surface area contributed by atoms with Gasteiger partial charge in [0, 0.05) is 30.9 Å². The van der Waals surface area contributed by atoms with Crippen molar-refractivity contribution in [2.24, 2.45) is 0 Å². The minimum Gasteiger partial charge on any atom is -0.338 e. The second-order valence-corrected chi connectivity index (χ2v) is 6.20. The summed E-state index contributed by atoms with van der Waals surface area (Å²) in [6.45, 7) is 1.30. The van der Waals surface area contributed by atoms with Crippen LogP contribution in [0.4, 0.5) is 15.8 Å². The number of benzene rings is 2. The zero-order valence-electron chi connectivity index (χ0n) is 14.4. The molecule has 0 bridgehead atoms. The molecule has 2 aromatic carbocycles. The number of para-hydroxylation sites is 1. The van der Waals surface area contributed by atoms with Crippen molar-refractivity contribution >= 4 is 29.1 Å². The summed E-state index contributed by atoms with van der Waals surface area (Å²) in [5, 5.41) is 5.30. The van der Waals surface area contributed by atoms with E-state index in [2.05, 4.69) is 10.6 Å². The number of hydrogen-bond donors (Lipinski definition) is 2. The van der Waals surface area contributed by atoms with Crippen molar-refractivity contribution in [1.29, 1.82) is 0 Å². The summed E-state index contributed by atoms with van der Waals surface area (Å²) in [6.07, 6.45) is -0.274. The van der Waals surface area contributed by atoms with Gasteiger partial charge in [-0.3, -0.25) is 14.4 Å². The Morgan fingerprint density at radius 1 is 1.12 bits per heavy atom. The maximum Gasteiger partial charge on any atom is 0.257 e. The van der Waals surface area contributed by atoms with Crippen LogP contribution >= 0.6 is 0 Å². The molecule has 0 radical (unpaired) electrons. The van der Waals surface area contributed by atoms with Gasteiger partial charge in [0.05, 0.1) is 6.42 Å². The third-order valence-electron chi connectivity index (χ3n) is 4.34. The zero-order valence-corrected chi connectivity index (χ0v) is 14.4. The van der Waals surface area contributed by atoms with E-state index in [1.54, 1.807) is 31.3 Å². The summed E-state index contributed by atoms with van der Waals surface area (Å²) >= 11 is 0. The zero-order chi connectivity index (χ0) is 18.9. The van der Waals surface area contributed by atoms with Gasteiger partial charge in [0.2, 0.25) is 11.8 Å². The van der Waals surface area contributed by atoms with Crippen molar-refractivity contribution in [3.63, 3.8) is 0 Å². The first-order chi connectivity index (χ1) is 12.3. The van der Waals surface area contributed by atoms with Gasteiger partial charge in [-0.1, -0.05) is 18.2 Å². The van der Waals surface area contributed by atoms with Crippen molar-refractivity contribution in [1.82, 2.24) is 5.32 Å². The van der Waals surface area contributed by atoms with E-state index in [9.17, 15) is 18.8 Å². The Bertz CT molecular complexity index is 882. The number of carbonyl (C=O) groups is 3. The highest BCUT2D eigenvalue weighted by molar-refractivity contribution is 6.11. The second kappa shape index (κ2) is 6.59. The molecule has 2 N–H and O–H groups in total. The lowest BCUT2D eigenvalue weighted by atomic mass is 9.87. The molecule has 1 aliphatic rings. The molecule has 1 atom stereocenters. The molecule has 0 saturated carbocycles. The molecule has 3 amide bonds. The molecule has 1 aliphatic heterocycles. The number of carbonyl (C=O) groups excluding carboxylic acids is 3. The molecule has 134 valence electrons. The van der Waals surface area contributed by atoms with Gasteiger partial charge in [-0.05, 0) is 30.3 Å². The first kappa shape index (κ1) is 17.6. The van der Waals surface area contributed by atoms with Gasteiger partial charge in [0.25, 0.3) is 5.91 Å². The summed E-state index contributed by atoms with van der Waals surface area (Å²) in [5.41, 5.74) is 0.139. The molecule has 3 rings (SSSR count). The number of halogens is 1. The monoisotopic (exact) mass is 355 g/mol. The van der Waals surface area contributed by atoms with E-state index in [4.69, 9.17) is 0 Å². The quantitative estimate of drug-likeness (QED) is 0.882. The van der Waals surface area contributed by atoms with Crippen LogP contribution in [0.3, 0.4) is 0 Å². The Labute approximate surface area is 150 Å². The maximum absolute atomic E-state index is 13.0. The molecule has 2 aromatic rings. The molecule has 0 saturated heterocycles. The van der Waals surface area contributed by atoms with Gasteiger partial charge >= 0.3 is 0 Å². The Kier molecular flexibility index (Phi) is 4.46. The van der Waals surface area contributed by atoms with Crippen LogP contribution in [-0.4, -0.2) is 24.8 Å². The Hall–Kier alpha value is -3.22. The third kappa shape index (κ3) is 3.03. The van der Waals surface area contributed by atoms with Gasteiger partial charge in [-0.25, -0.2) is 4.39 Å². The van der Waals surface area contributed by atoms with E-state index in [0.717, 1.165) is 0 Å². The number of likely N-dealkylation sites (N-methyl/N-ethyl adjacent to an activating group) is 1. The van der Waals surface area contributed by atoms with E-state index in [0.29, 0.717) is 16.9 Å². The number of nitrogens with zero attached hydrogens (tertiary/aromatic N) is 1. The summed E-state index contributed by atoms with van der Waals surface area (Å²) in [6, 6.07) is 12.3. The molecular formula is C19H18FN3O3. The molecule has 1 heterocycles. The average molecular weight is 355 g/mol. The number of anilines is 2. The Morgan fingerprint density at radius 2 is 1.77 bits per heavy atom. The van der Waals surface area contributed by atoms with Crippen LogP contribution in [-0.2, 0) is 19.9 Å². The van der Waals surface area contributed by atoms with E-state index < -0.39 is 23.2 Å². The van der Waals surface area contributed by atoms with Gasteiger partial charge in [-0.2, -0.15) is 0 Å². The fourth-order valence-corrected chi connectivity index (χ4v) is 3.25. The smallest absolute Gasteiger partial charge is 0.257 e. The van der Waals surface area contributed by atoms with Crippen molar-refractivity contribution < 1.29 is 18.8 Å². The predicted octanol–water partition coefficient (Wildman–Crippen LogP) is 2.16. The minimum absolute atomic E-state index is 0.274. The molecule has 0 spiro atoms. The normalized spacial score (nSPS) is 18.4. The van der Waals surface area contributed by atoms with Crippen LogP contribution in [0.1, 0.15) is 18.9 Å². The largest absolute Gasteiger partial charge is 0.338 e. The molecule has 6 nitrogen and oxygen atoms in total. The van der Waals surface area contributed by atoms with Gasteiger partial charge in [0.15, 0.2) is 5.54 Å². The topological polar surface area (TPSA) is 78.5 Å². The Morgan fingerprint density at radius 3 is 2.42 bits per heavy atom. The third-order valence-corrected chi connectivity index (χ3v) is 4.34. The lowest BCUT2D eigenvalue weighted by molar-refractivity contribution is -0.133. The van der Waals surface area contributed by atoms with E-state index in [-0.39, 0.29) is 12.3 Å². The molecule has 0 aliphatic carbocycles. The molecule has 26 heavy (non-hydrogen) atoms. The maximum atomic E-state index is 13.0. The lowest BCUT2D eigenvalue weighted by Crippen LogP contribution is -2.53. The summed E-state index contributed by atoms with van der Waals surface area (Å²) < 4.78 is 13.0. The number of rotatable bonds is 4. The summed E-state index contributed by atoms with van der Waals surface area (Å²) in [4.78, 5) is 38.7. The fraction of sp³-hybridized carbons (Fsp3) is 0.211. The highest BCUT2D eigenvalue weighted by atomic mass is 19.1. The van der Waals surface area contributed by atoms with E-state index in [1.165, 1.54) is 36.1 Å². The first-order valence-electron chi connectivity index (χ1n) is 8.05. The van der Waals surface area contributed by atoms with Crippen molar-refractivity contribution in [3.05, 3.63) is 59.9 Å². The number of hydrogen-bond acceptors (Lipinski definition) is 3. The predicted molar refractivity (Wildman–Crippen MR) is 95.0 cm³/mol. The first-order valence-corrected chi connectivity index (χ1v) is 8.05. The highest BCUT2D eigenvalue weighted by Gasteiger charge is 2.51. The van der Waals surface area contributed by atoms with Crippen molar-refractivity contribution in [2.75, 3.05) is 17.3 Å². The van der Waals surface area contributed by atoms with Gasteiger partial charge < -0.3 is 15.5 Å². The van der Waals surface area contributed by atoms with Crippen LogP contribution in [0.5, 0.6) is 0 Å². The van der Waals surface area contributed by atoms with Crippen LogP contribution in [0.2, 0.25) is 0 Å². The second-order valence-electron chi connectivity index (χ2n) is 6.20. The van der Waals surface area contributed by atoms with Gasteiger partial charge in [0.1, 0.15) is 5.82 Å². The van der Waals surface area contributed by atoms with Crippen LogP contribution in [0.15, 0.2) is 48.5 Å². The van der Waals surface area contributed by atoms with E-state index >= 15 is 0 Å². The standard InChI is InChI=1S/C19H18FN3O3/c1-12(24)22-19(11-17(25)21-14-9-7-13(20)8-10-14)15-5-3-4-6-16(15)23(2)18(19)26/h3-10H,11H2,1-2H3,(H,21,25)(H,22,24)/t19-/m0/s1. The lowest BCUT2D eigenvalue weighted by Gasteiger charge is -2.28. The van der Waals surface area contributed by atoms with Crippen LogP contribution < -0.4 is 15.5 Å².